The Labute approximate surface area is 508 Å². The summed E-state index contributed by atoms with van der Waals surface area (Å²) in [6.45, 7) is 1.57. The van der Waals surface area contributed by atoms with Gasteiger partial charge in [0.15, 0.2) is 25.2 Å². The highest BCUT2D eigenvalue weighted by Crippen LogP contribution is 2.37. The predicted molar refractivity (Wildman–Crippen MR) is 318 cm³/mol. The summed E-state index contributed by atoms with van der Waals surface area (Å²) >= 11 is 0. The molecule has 7 aromatic rings. The number of aliphatic hydroxyl groups excluding tert-OH is 2. The van der Waals surface area contributed by atoms with Gasteiger partial charge in [0, 0.05) is 7.11 Å². The van der Waals surface area contributed by atoms with Crippen LogP contribution in [0.2, 0.25) is 0 Å². The molecule has 4 aliphatic rings. The van der Waals surface area contributed by atoms with Gasteiger partial charge in [-0.1, -0.05) is 212 Å². The fraction of sp³-hybridized carbons (Fsp3) is 0.400. The van der Waals surface area contributed by atoms with Crippen molar-refractivity contribution in [3.05, 3.63) is 251 Å². The van der Waals surface area contributed by atoms with E-state index < -0.39 is 98.4 Å². The fourth-order valence-electron chi connectivity index (χ4n) is 11.1. The molecule has 17 heteroatoms. The summed E-state index contributed by atoms with van der Waals surface area (Å²) in [6, 6.07) is 68.5. The number of rotatable bonds is 32. The van der Waals surface area contributed by atoms with Crippen molar-refractivity contribution in [1.29, 1.82) is 0 Å². The molecule has 4 aliphatic heterocycles. The minimum Gasteiger partial charge on any atom is -0.385 e. The standard InChI is InChI=1S/C70H78O17/c1-73-69-65(79-42-53-33-19-7-20-34-53)63(78-41-52-31-17-6-18-32-52)57(85-69)46-82-70-66(80-43-54-35-21-8-22-36-54)64(87-68-60(72)62(77-40-51-29-15-5-16-30-51)56(84-68)45-75-38-49-25-11-3-12-26-49)58(86-70)47-81-67-59(71)61(76-39-50-27-13-4-14-28-50)55(83-67)44-74-37-48-23-9-2-10-24-48/h2-36,55-72H,37-47H2,1H3/t55-,56-,57-,58-,59+,60+,61-,62-,63-,64-,65+,66+,67+,68-,69+,70+/m1/s1. The van der Waals surface area contributed by atoms with Crippen molar-refractivity contribution in [2.45, 2.75) is 145 Å². The average molecular weight is 1190 g/mol. The fourth-order valence-corrected chi connectivity index (χ4v) is 11.1. The molecule has 11 rings (SSSR count). The lowest BCUT2D eigenvalue weighted by Gasteiger charge is -2.29. The van der Waals surface area contributed by atoms with Gasteiger partial charge in [-0.25, -0.2) is 0 Å². The molecule has 0 aliphatic carbocycles. The van der Waals surface area contributed by atoms with E-state index in [0.717, 1.165) is 38.9 Å². The summed E-state index contributed by atoms with van der Waals surface area (Å²) in [5.74, 6) is 0. The Bertz CT molecular complexity index is 3010. The number of benzene rings is 7. The van der Waals surface area contributed by atoms with Crippen LogP contribution in [-0.4, -0.2) is 142 Å². The van der Waals surface area contributed by atoms with Crippen LogP contribution in [0, 0.1) is 0 Å². The van der Waals surface area contributed by atoms with E-state index in [9.17, 15) is 10.2 Å². The monoisotopic (exact) mass is 1190 g/mol. The van der Waals surface area contributed by atoms with Crippen molar-refractivity contribution >= 4 is 0 Å². The van der Waals surface area contributed by atoms with Crippen LogP contribution in [0.5, 0.6) is 0 Å². The zero-order valence-electron chi connectivity index (χ0n) is 48.7. The molecule has 0 aromatic heterocycles. The summed E-state index contributed by atoms with van der Waals surface area (Å²) in [5.41, 5.74) is 6.59. The first kappa shape index (κ1) is 62.5. The first-order valence-corrected chi connectivity index (χ1v) is 29.8. The first-order chi connectivity index (χ1) is 42.9. The lowest BCUT2D eigenvalue weighted by Crippen LogP contribution is -2.46. The molecular formula is C70H78O17. The van der Waals surface area contributed by atoms with Gasteiger partial charge in [0.05, 0.1) is 72.7 Å². The van der Waals surface area contributed by atoms with Crippen molar-refractivity contribution in [3.8, 4) is 0 Å². The molecule has 460 valence electrons. The number of aliphatic hydroxyl groups is 2. The minimum absolute atomic E-state index is 0.0744. The molecule has 2 N–H and O–H groups in total. The SMILES string of the molecule is CO[C@H]1O[C@H](CO[C@H]2O[C@H](CO[C@H]3O[C@H](COCc4ccccc4)[C@@H](OCc4ccccc4)[C@@H]3O)[C@@H](O[C@H]3O[C@H](COCc4ccccc4)[C@@H](OCc4ccccc4)[C@@H]3O)[C@@H]2OCc2ccccc2)[C@@H](OCc2ccccc2)[C@@H]1OCc1ccccc1. The summed E-state index contributed by atoms with van der Waals surface area (Å²) in [7, 11) is 1.57. The molecule has 16 atom stereocenters. The third kappa shape index (κ3) is 17.4. The van der Waals surface area contributed by atoms with Gasteiger partial charge in [-0.2, -0.15) is 0 Å². The molecule has 7 aromatic carbocycles. The lowest BCUT2D eigenvalue weighted by atomic mass is 10.1. The molecule has 0 radical (unpaired) electrons. The van der Waals surface area contributed by atoms with Crippen LogP contribution >= 0.6 is 0 Å². The quantitative estimate of drug-likeness (QED) is 0.0408. The smallest absolute Gasteiger partial charge is 0.187 e. The van der Waals surface area contributed by atoms with E-state index >= 15 is 0 Å². The number of hydrogen-bond donors (Lipinski definition) is 2. The van der Waals surface area contributed by atoms with Crippen molar-refractivity contribution < 1.29 is 81.3 Å². The summed E-state index contributed by atoms with van der Waals surface area (Å²) in [5, 5.41) is 24.5. The van der Waals surface area contributed by atoms with Crippen LogP contribution in [0.25, 0.3) is 0 Å². The van der Waals surface area contributed by atoms with Gasteiger partial charge in [-0.05, 0) is 38.9 Å². The number of hydrogen-bond acceptors (Lipinski definition) is 17. The highest BCUT2D eigenvalue weighted by Gasteiger charge is 2.55. The van der Waals surface area contributed by atoms with Gasteiger partial charge in [0.25, 0.3) is 0 Å². The second-order valence-electron chi connectivity index (χ2n) is 22.0. The zero-order chi connectivity index (χ0) is 59.4. The largest absolute Gasteiger partial charge is 0.385 e. The third-order valence-corrected chi connectivity index (χ3v) is 15.7. The van der Waals surface area contributed by atoms with Crippen molar-refractivity contribution in [1.82, 2.24) is 0 Å². The Balaban J connectivity index is 0.868. The Morgan fingerprint density at radius 3 is 0.943 bits per heavy atom. The molecule has 0 bridgehead atoms. The second kappa shape index (κ2) is 32.4. The molecular weight excluding hydrogens is 1110 g/mol. The Hall–Kier alpha value is -6.14. The van der Waals surface area contributed by atoms with Gasteiger partial charge in [0.1, 0.15) is 73.2 Å². The Kier molecular flexibility index (Phi) is 23.2. The van der Waals surface area contributed by atoms with Crippen LogP contribution in [-0.2, 0) is 117 Å². The lowest BCUT2D eigenvalue weighted by molar-refractivity contribution is -0.231. The summed E-state index contributed by atoms with van der Waals surface area (Å²) in [6.07, 6.45) is -15.4. The van der Waals surface area contributed by atoms with Gasteiger partial charge < -0.3 is 81.3 Å². The maximum Gasteiger partial charge on any atom is 0.187 e. The molecule has 0 saturated carbocycles. The minimum atomic E-state index is -1.32. The van der Waals surface area contributed by atoms with E-state index in [2.05, 4.69) is 0 Å². The van der Waals surface area contributed by atoms with Crippen LogP contribution in [0.3, 0.4) is 0 Å². The molecule has 87 heavy (non-hydrogen) atoms. The van der Waals surface area contributed by atoms with E-state index in [4.69, 9.17) is 71.1 Å². The van der Waals surface area contributed by atoms with E-state index in [1.165, 1.54) is 0 Å². The average Bonchev–Trinajstić information content (AvgIpc) is 2.30. The van der Waals surface area contributed by atoms with E-state index in [1.807, 2.05) is 212 Å². The van der Waals surface area contributed by atoms with Crippen LogP contribution in [0.4, 0.5) is 0 Å². The van der Waals surface area contributed by atoms with E-state index in [-0.39, 0.29) is 59.5 Å². The molecule has 0 spiro atoms. The van der Waals surface area contributed by atoms with Gasteiger partial charge in [-0.15, -0.1) is 0 Å². The van der Waals surface area contributed by atoms with Crippen molar-refractivity contribution in [2.75, 3.05) is 33.5 Å². The Morgan fingerprint density at radius 2 is 0.552 bits per heavy atom. The maximum atomic E-state index is 12.4. The highest BCUT2D eigenvalue weighted by molar-refractivity contribution is 5.19. The van der Waals surface area contributed by atoms with E-state index in [0.29, 0.717) is 13.2 Å². The van der Waals surface area contributed by atoms with Crippen molar-refractivity contribution in [2.24, 2.45) is 0 Å². The normalized spacial score (nSPS) is 28.8. The maximum absolute atomic E-state index is 12.4. The molecule has 4 saturated heterocycles. The van der Waals surface area contributed by atoms with Crippen LogP contribution < -0.4 is 0 Å². The van der Waals surface area contributed by atoms with Gasteiger partial charge in [0.2, 0.25) is 0 Å². The zero-order valence-corrected chi connectivity index (χ0v) is 48.7. The number of ether oxygens (including phenoxy) is 15. The Morgan fingerprint density at radius 1 is 0.276 bits per heavy atom. The van der Waals surface area contributed by atoms with Crippen LogP contribution in [0.1, 0.15) is 38.9 Å². The molecule has 4 fully saturated rings. The molecule has 0 amide bonds. The first-order valence-electron chi connectivity index (χ1n) is 29.8. The molecule has 4 heterocycles. The second-order valence-corrected chi connectivity index (χ2v) is 22.0. The van der Waals surface area contributed by atoms with Gasteiger partial charge in [-0.3, -0.25) is 0 Å². The highest BCUT2D eigenvalue weighted by atomic mass is 16.8. The topological polar surface area (TPSA) is 179 Å². The third-order valence-electron chi connectivity index (χ3n) is 15.7. The van der Waals surface area contributed by atoms with E-state index in [1.54, 1.807) is 7.11 Å². The molecule has 0 unspecified atom stereocenters. The summed E-state index contributed by atoms with van der Waals surface area (Å²) < 4.78 is 98.7. The molecule has 17 nitrogen and oxygen atoms in total. The number of methoxy groups -OCH3 is 1. The van der Waals surface area contributed by atoms with Crippen molar-refractivity contribution in [3.63, 3.8) is 0 Å². The predicted octanol–water partition coefficient (Wildman–Crippen LogP) is 9.03. The van der Waals surface area contributed by atoms with Gasteiger partial charge >= 0.3 is 0 Å². The van der Waals surface area contributed by atoms with Crippen LogP contribution in [0.15, 0.2) is 212 Å². The summed E-state index contributed by atoms with van der Waals surface area (Å²) in [4.78, 5) is 0.